The largest absolute Gasteiger partial charge is 0.486 e. The number of aliphatic hydroxyl groups excluding tert-OH is 2. The van der Waals surface area contributed by atoms with Gasteiger partial charge in [0, 0.05) is 30.3 Å². The smallest absolute Gasteiger partial charge is 0.247 e. The Balaban J connectivity index is 1.74. The Labute approximate surface area is 182 Å². The third-order valence-electron chi connectivity index (χ3n) is 6.08. The lowest BCUT2D eigenvalue weighted by molar-refractivity contribution is -0.132. The number of carbonyl (C=O) groups excluding carboxylic acids is 2. The highest BCUT2D eigenvalue weighted by Crippen LogP contribution is 2.47. The van der Waals surface area contributed by atoms with Gasteiger partial charge in [-0.1, -0.05) is 23.8 Å². The Morgan fingerprint density at radius 2 is 2.00 bits per heavy atom. The van der Waals surface area contributed by atoms with Crippen LogP contribution < -0.4 is 10.1 Å². The van der Waals surface area contributed by atoms with Crippen LogP contribution in [0.1, 0.15) is 38.2 Å². The zero-order chi connectivity index (χ0) is 22.1. The third kappa shape index (κ3) is 4.38. The van der Waals surface area contributed by atoms with Gasteiger partial charge in [0.05, 0.1) is 18.6 Å². The normalized spacial score (nSPS) is 26.1. The number of aliphatic hydroxyl groups is 2. The van der Waals surface area contributed by atoms with Crippen LogP contribution in [-0.2, 0) is 9.59 Å². The minimum Gasteiger partial charge on any atom is -0.486 e. The summed E-state index contributed by atoms with van der Waals surface area (Å²) in [5, 5.41) is 23.2. The Kier molecular flexibility index (Phi) is 6.16. The molecule has 166 valence electrons. The molecule has 3 N–H and O–H groups in total. The lowest BCUT2D eigenvalue weighted by Crippen LogP contribution is -2.56. The topological polar surface area (TPSA) is 99.1 Å². The van der Waals surface area contributed by atoms with Crippen molar-refractivity contribution in [3.8, 4) is 5.75 Å². The molecule has 1 fully saturated rings. The number of rotatable bonds is 7. The summed E-state index contributed by atoms with van der Waals surface area (Å²) >= 11 is 0. The second kappa shape index (κ2) is 8.85. The van der Waals surface area contributed by atoms with Gasteiger partial charge in [-0.15, -0.1) is 0 Å². The van der Waals surface area contributed by atoms with Crippen LogP contribution in [0.3, 0.4) is 0 Å². The fourth-order valence-corrected chi connectivity index (χ4v) is 4.46. The summed E-state index contributed by atoms with van der Waals surface area (Å²) in [5.41, 5.74) is 2.19. The van der Waals surface area contributed by atoms with Gasteiger partial charge in [0.15, 0.2) is 0 Å². The third-order valence-corrected chi connectivity index (χ3v) is 6.08. The number of benzene rings is 1. The zero-order valence-electron chi connectivity index (χ0n) is 18.0. The summed E-state index contributed by atoms with van der Waals surface area (Å²) in [7, 11) is 0. The summed E-state index contributed by atoms with van der Waals surface area (Å²) in [6.45, 7) is 4.23. The molecule has 2 aliphatic carbocycles. The summed E-state index contributed by atoms with van der Waals surface area (Å²) in [4.78, 5) is 27.8. The minimum absolute atomic E-state index is 0.131. The number of nitrogens with one attached hydrogen (secondary N) is 1. The van der Waals surface area contributed by atoms with Gasteiger partial charge in [-0.05, 0) is 44.7 Å². The van der Waals surface area contributed by atoms with E-state index in [2.05, 4.69) is 5.32 Å². The summed E-state index contributed by atoms with van der Waals surface area (Å²) < 4.78 is 6.10. The van der Waals surface area contributed by atoms with Crippen molar-refractivity contribution >= 4 is 11.8 Å². The first-order valence-electron chi connectivity index (χ1n) is 10.9. The molecule has 7 nitrogen and oxygen atoms in total. The van der Waals surface area contributed by atoms with Crippen LogP contribution in [0.25, 0.3) is 0 Å². The highest BCUT2D eigenvalue weighted by Gasteiger charge is 2.50. The molecule has 0 radical (unpaired) electrons. The fourth-order valence-electron chi connectivity index (χ4n) is 4.46. The average Bonchev–Trinajstić information content (AvgIpc) is 3.48. The van der Waals surface area contributed by atoms with Crippen LogP contribution in [0.2, 0.25) is 0 Å². The predicted molar refractivity (Wildman–Crippen MR) is 115 cm³/mol. The molecule has 1 aliphatic heterocycles. The number of fused-ring (bicyclic) bond motifs is 3. The van der Waals surface area contributed by atoms with E-state index in [9.17, 15) is 14.7 Å². The van der Waals surface area contributed by atoms with E-state index in [1.165, 1.54) is 0 Å². The molecule has 3 aliphatic rings. The molecule has 4 atom stereocenters. The Morgan fingerprint density at radius 3 is 2.68 bits per heavy atom. The highest BCUT2D eigenvalue weighted by atomic mass is 16.5. The maximum Gasteiger partial charge on any atom is 0.247 e. The lowest BCUT2D eigenvalue weighted by Gasteiger charge is -2.40. The van der Waals surface area contributed by atoms with E-state index in [0.717, 1.165) is 24.0 Å². The van der Waals surface area contributed by atoms with Crippen molar-refractivity contribution in [2.24, 2.45) is 5.92 Å². The minimum atomic E-state index is -0.972. The molecule has 0 bridgehead atoms. The van der Waals surface area contributed by atoms with Crippen LogP contribution in [0.4, 0.5) is 0 Å². The highest BCUT2D eigenvalue weighted by molar-refractivity contribution is 5.96. The predicted octanol–water partition coefficient (Wildman–Crippen LogP) is 1.51. The first-order valence-corrected chi connectivity index (χ1v) is 10.9. The number of nitrogens with zero attached hydrogens (tertiary/aromatic N) is 1. The van der Waals surface area contributed by atoms with Crippen LogP contribution >= 0.6 is 0 Å². The van der Waals surface area contributed by atoms with E-state index in [1.807, 2.05) is 38.1 Å². The molecule has 1 aromatic rings. The van der Waals surface area contributed by atoms with Crippen molar-refractivity contribution in [1.82, 2.24) is 10.2 Å². The standard InChI is InChI=1S/C24H30N2O5/c1-14(2)11-20(28)26(13-15-7-8-15)18-12-17(24(30)25-9-10-27)21-16-5-3-4-6-19(16)31-23(21)22(18)29/h3-6,11-12,15,18,21-23,27,29H,7-10,13H2,1-2H3,(H,25,30)/t18-,21+,22+,23+/m1/s1. The van der Waals surface area contributed by atoms with Gasteiger partial charge in [-0.3, -0.25) is 9.59 Å². The van der Waals surface area contributed by atoms with Crippen LogP contribution in [-0.4, -0.2) is 64.9 Å². The SMILES string of the molecule is CC(C)=CC(=O)N(CC1CC1)[C@@H]1C=C(C(=O)NCCO)[C@@H]2c3ccccc3O[C@@H]2[C@H]1O. The van der Waals surface area contributed by atoms with Crippen molar-refractivity contribution in [2.45, 2.75) is 50.9 Å². The Bertz CT molecular complexity index is 916. The van der Waals surface area contributed by atoms with Crippen LogP contribution in [0, 0.1) is 5.92 Å². The molecule has 4 rings (SSSR count). The average molecular weight is 427 g/mol. The monoisotopic (exact) mass is 426 g/mol. The van der Waals surface area contributed by atoms with Gasteiger partial charge >= 0.3 is 0 Å². The van der Waals surface area contributed by atoms with Crippen molar-refractivity contribution in [2.75, 3.05) is 19.7 Å². The number of hydrogen-bond donors (Lipinski definition) is 3. The molecular formula is C24H30N2O5. The van der Waals surface area contributed by atoms with Crippen LogP contribution in [0.5, 0.6) is 5.75 Å². The molecule has 7 heteroatoms. The van der Waals surface area contributed by atoms with E-state index in [4.69, 9.17) is 9.84 Å². The molecule has 0 unspecified atom stereocenters. The van der Waals surface area contributed by atoms with Gasteiger partial charge in [0.25, 0.3) is 0 Å². The molecule has 0 saturated heterocycles. The number of allylic oxidation sites excluding steroid dienone is 1. The molecule has 1 aromatic carbocycles. The van der Waals surface area contributed by atoms with E-state index < -0.39 is 24.2 Å². The van der Waals surface area contributed by atoms with E-state index in [-0.39, 0.29) is 25.0 Å². The Morgan fingerprint density at radius 1 is 1.26 bits per heavy atom. The molecular weight excluding hydrogens is 396 g/mol. The second-order valence-electron chi connectivity index (χ2n) is 8.84. The van der Waals surface area contributed by atoms with Crippen LogP contribution in [0.15, 0.2) is 47.6 Å². The molecule has 2 amide bonds. The molecule has 1 heterocycles. The number of amides is 2. The first kappa shape index (κ1) is 21.6. The van der Waals surface area contributed by atoms with Crippen molar-refractivity contribution in [3.63, 3.8) is 0 Å². The number of ether oxygens (including phenoxy) is 1. The van der Waals surface area contributed by atoms with E-state index >= 15 is 0 Å². The molecule has 31 heavy (non-hydrogen) atoms. The van der Waals surface area contributed by atoms with E-state index in [1.54, 1.807) is 17.1 Å². The lowest BCUT2D eigenvalue weighted by atomic mass is 9.77. The molecule has 0 spiro atoms. The number of carbonyl (C=O) groups is 2. The molecule has 0 aromatic heterocycles. The quantitative estimate of drug-likeness (QED) is 0.574. The van der Waals surface area contributed by atoms with Crippen molar-refractivity contribution in [1.29, 1.82) is 0 Å². The van der Waals surface area contributed by atoms with Gasteiger partial charge in [-0.25, -0.2) is 0 Å². The number of hydrogen-bond acceptors (Lipinski definition) is 5. The van der Waals surface area contributed by atoms with Gasteiger partial charge < -0.3 is 25.2 Å². The summed E-state index contributed by atoms with van der Waals surface area (Å²) in [5.74, 6) is 0.143. The van der Waals surface area contributed by atoms with Crippen molar-refractivity contribution < 1.29 is 24.5 Å². The van der Waals surface area contributed by atoms with E-state index in [0.29, 0.717) is 23.8 Å². The maximum absolute atomic E-state index is 13.1. The molecule has 1 saturated carbocycles. The van der Waals surface area contributed by atoms with Gasteiger partial charge in [0.2, 0.25) is 11.8 Å². The maximum atomic E-state index is 13.1. The summed E-state index contributed by atoms with van der Waals surface area (Å²) in [6.07, 6.45) is 3.78. The second-order valence-corrected chi connectivity index (χ2v) is 8.84. The van der Waals surface area contributed by atoms with Gasteiger partial charge in [-0.2, -0.15) is 0 Å². The number of para-hydroxylation sites is 1. The fraction of sp³-hybridized carbons (Fsp3) is 0.500. The van der Waals surface area contributed by atoms with Crippen molar-refractivity contribution in [3.05, 3.63) is 53.1 Å². The summed E-state index contributed by atoms with van der Waals surface area (Å²) in [6, 6.07) is 6.79. The zero-order valence-corrected chi connectivity index (χ0v) is 18.0. The van der Waals surface area contributed by atoms with Gasteiger partial charge in [0.1, 0.15) is 18.0 Å². The first-order chi connectivity index (χ1) is 14.9. The Hall–Kier alpha value is -2.64.